The maximum atomic E-state index is 10.8. The van der Waals surface area contributed by atoms with Crippen molar-refractivity contribution in [1.82, 2.24) is 9.97 Å². The van der Waals surface area contributed by atoms with Gasteiger partial charge < -0.3 is 15.0 Å². The lowest BCUT2D eigenvalue weighted by atomic mass is 10.2. The Bertz CT molecular complexity index is 494. The van der Waals surface area contributed by atoms with Crippen molar-refractivity contribution >= 4 is 17.6 Å². The first-order valence-corrected chi connectivity index (χ1v) is 4.75. The summed E-state index contributed by atoms with van der Waals surface area (Å²) < 4.78 is 0. The molecule has 0 aliphatic heterocycles. The average Bonchev–Trinajstić information content (AvgIpc) is 2.81. The van der Waals surface area contributed by atoms with Crippen LogP contribution in [-0.2, 0) is 0 Å². The molecule has 2 N–H and O–H groups in total. The number of H-pyrrole nitrogens is 1. The first-order chi connectivity index (χ1) is 7.68. The van der Waals surface area contributed by atoms with Gasteiger partial charge in [0.2, 0.25) is 5.95 Å². The molecule has 1 aromatic heterocycles. The number of hydrogen-bond donors (Lipinski definition) is 2. The monoisotopic (exact) mass is 217 g/mol. The Kier molecular flexibility index (Phi) is 2.59. The molecular formula is C11H11N3O2. The van der Waals surface area contributed by atoms with Crippen molar-refractivity contribution in [3.8, 4) is 0 Å². The summed E-state index contributed by atoms with van der Waals surface area (Å²) in [5.41, 5.74) is 1.03. The number of imidazole rings is 1. The number of nitrogens with one attached hydrogen (secondary N) is 1. The standard InChI is InChI=1S/C11H11N3O2/c1-14(11-12-5-6-13-11)9-4-2-3-8(7-9)10(15)16/h2-7H,1H3,(H,12,13)(H,15,16). The number of benzene rings is 1. The van der Waals surface area contributed by atoms with Crippen LogP contribution in [0, 0.1) is 0 Å². The van der Waals surface area contributed by atoms with Gasteiger partial charge in [0, 0.05) is 25.1 Å². The minimum absolute atomic E-state index is 0.260. The summed E-state index contributed by atoms with van der Waals surface area (Å²) in [6.45, 7) is 0. The minimum atomic E-state index is -0.935. The van der Waals surface area contributed by atoms with E-state index in [0.717, 1.165) is 5.69 Å². The molecular weight excluding hydrogens is 206 g/mol. The van der Waals surface area contributed by atoms with Gasteiger partial charge in [0.15, 0.2) is 0 Å². The molecule has 0 amide bonds. The lowest BCUT2D eigenvalue weighted by molar-refractivity contribution is 0.0697. The Hall–Kier alpha value is -2.30. The third kappa shape index (κ3) is 1.88. The van der Waals surface area contributed by atoms with Crippen molar-refractivity contribution < 1.29 is 9.90 Å². The van der Waals surface area contributed by atoms with Crippen molar-refractivity contribution in [3.63, 3.8) is 0 Å². The highest BCUT2D eigenvalue weighted by molar-refractivity contribution is 5.89. The van der Waals surface area contributed by atoms with Crippen LogP contribution in [-0.4, -0.2) is 28.1 Å². The normalized spacial score (nSPS) is 10.1. The van der Waals surface area contributed by atoms with Crippen molar-refractivity contribution in [3.05, 3.63) is 42.2 Å². The summed E-state index contributed by atoms with van der Waals surface area (Å²) in [6, 6.07) is 6.69. The van der Waals surface area contributed by atoms with Crippen molar-refractivity contribution in [1.29, 1.82) is 0 Å². The number of nitrogens with zero attached hydrogens (tertiary/aromatic N) is 2. The second-order valence-electron chi connectivity index (χ2n) is 3.33. The molecule has 0 saturated heterocycles. The van der Waals surface area contributed by atoms with Crippen molar-refractivity contribution in [2.24, 2.45) is 0 Å². The van der Waals surface area contributed by atoms with Gasteiger partial charge in [0.05, 0.1) is 5.56 Å². The smallest absolute Gasteiger partial charge is 0.335 e. The summed E-state index contributed by atoms with van der Waals surface area (Å²) in [4.78, 5) is 19.6. The zero-order chi connectivity index (χ0) is 11.5. The third-order valence-electron chi connectivity index (χ3n) is 2.28. The van der Waals surface area contributed by atoms with Gasteiger partial charge in [-0.25, -0.2) is 9.78 Å². The fraction of sp³-hybridized carbons (Fsp3) is 0.0909. The molecule has 0 radical (unpaired) electrons. The molecule has 0 spiro atoms. The maximum absolute atomic E-state index is 10.8. The summed E-state index contributed by atoms with van der Waals surface area (Å²) in [7, 11) is 1.82. The average molecular weight is 217 g/mol. The summed E-state index contributed by atoms with van der Waals surface area (Å²) >= 11 is 0. The summed E-state index contributed by atoms with van der Waals surface area (Å²) in [5.74, 6) is -0.266. The zero-order valence-corrected chi connectivity index (χ0v) is 8.71. The number of aromatic nitrogens is 2. The molecule has 5 heteroatoms. The third-order valence-corrected chi connectivity index (χ3v) is 2.28. The topological polar surface area (TPSA) is 69.2 Å². The quantitative estimate of drug-likeness (QED) is 0.823. The van der Waals surface area contributed by atoms with Crippen LogP contribution in [0.2, 0.25) is 0 Å². The predicted molar refractivity (Wildman–Crippen MR) is 60.1 cm³/mol. The van der Waals surface area contributed by atoms with Gasteiger partial charge >= 0.3 is 5.97 Å². The molecule has 16 heavy (non-hydrogen) atoms. The molecule has 0 fully saturated rings. The molecule has 0 atom stereocenters. The number of carboxylic acids is 1. The first-order valence-electron chi connectivity index (χ1n) is 4.75. The van der Waals surface area contributed by atoms with E-state index in [4.69, 9.17) is 5.11 Å². The van der Waals surface area contributed by atoms with Crippen molar-refractivity contribution in [2.75, 3.05) is 11.9 Å². The van der Waals surface area contributed by atoms with Gasteiger partial charge in [-0.3, -0.25) is 0 Å². The highest BCUT2D eigenvalue weighted by Crippen LogP contribution is 2.20. The second-order valence-corrected chi connectivity index (χ2v) is 3.33. The number of carboxylic acid groups (broad SMARTS) is 1. The van der Waals surface area contributed by atoms with Crippen LogP contribution < -0.4 is 4.90 Å². The van der Waals surface area contributed by atoms with E-state index < -0.39 is 5.97 Å². The van der Waals surface area contributed by atoms with Crippen LogP contribution >= 0.6 is 0 Å². The molecule has 0 saturated carbocycles. The van der Waals surface area contributed by atoms with Gasteiger partial charge in [-0.2, -0.15) is 0 Å². The van der Waals surface area contributed by atoms with E-state index in [2.05, 4.69) is 9.97 Å². The number of anilines is 2. The van der Waals surface area contributed by atoms with Crippen LogP contribution in [0.15, 0.2) is 36.7 Å². The molecule has 82 valence electrons. The Balaban J connectivity index is 2.34. The summed E-state index contributed by atoms with van der Waals surface area (Å²) in [5, 5.41) is 8.88. The van der Waals surface area contributed by atoms with Gasteiger partial charge in [0.1, 0.15) is 0 Å². The number of aromatic amines is 1. The minimum Gasteiger partial charge on any atom is -0.478 e. The Morgan fingerprint density at radius 3 is 2.94 bits per heavy atom. The number of carbonyl (C=O) groups is 1. The van der Waals surface area contributed by atoms with E-state index in [1.165, 1.54) is 0 Å². The highest BCUT2D eigenvalue weighted by Gasteiger charge is 2.08. The van der Waals surface area contributed by atoms with Gasteiger partial charge in [-0.1, -0.05) is 6.07 Å². The predicted octanol–water partition coefficient (Wildman–Crippen LogP) is 1.88. The molecule has 2 rings (SSSR count). The Morgan fingerprint density at radius 1 is 1.50 bits per heavy atom. The van der Waals surface area contributed by atoms with Crippen LogP contribution in [0.5, 0.6) is 0 Å². The van der Waals surface area contributed by atoms with E-state index in [-0.39, 0.29) is 5.56 Å². The molecule has 0 aliphatic carbocycles. The van der Waals surface area contributed by atoms with Gasteiger partial charge in [-0.15, -0.1) is 0 Å². The second kappa shape index (κ2) is 4.06. The van der Waals surface area contributed by atoms with Gasteiger partial charge in [0.25, 0.3) is 0 Å². The van der Waals surface area contributed by atoms with Crippen LogP contribution in [0.1, 0.15) is 10.4 Å². The Labute approximate surface area is 92.4 Å². The molecule has 2 aromatic rings. The van der Waals surface area contributed by atoms with Gasteiger partial charge in [-0.05, 0) is 18.2 Å². The van der Waals surface area contributed by atoms with Crippen LogP contribution in [0.4, 0.5) is 11.6 Å². The zero-order valence-electron chi connectivity index (χ0n) is 8.71. The van der Waals surface area contributed by atoms with Crippen LogP contribution in [0.25, 0.3) is 0 Å². The fourth-order valence-electron chi connectivity index (χ4n) is 1.41. The number of rotatable bonds is 3. The SMILES string of the molecule is CN(c1cccc(C(=O)O)c1)c1ncc[nH]1. The molecule has 1 aromatic carbocycles. The lowest BCUT2D eigenvalue weighted by Gasteiger charge is -2.16. The van der Waals surface area contributed by atoms with Crippen LogP contribution in [0.3, 0.4) is 0 Å². The van der Waals surface area contributed by atoms with E-state index in [9.17, 15) is 4.79 Å². The molecule has 0 bridgehead atoms. The first kappa shape index (κ1) is 10.2. The number of hydrogen-bond acceptors (Lipinski definition) is 3. The van der Waals surface area contributed by atoms with E-state index >= 15 is 0 Å². The fourth-order valence-corrected chi connectivity index (χ4v) is 1.41. The van der Waals surface area contributed by atoms with Crippen molar-refractivity contribution in [2.45, 2.75) is 0 Å². The summed E-state index contributed by atoms with van der Waals surface area (Å²) in [6.07, 6.45) is 3.36. The lowest BCUT2D eigenvalue weighted by Crippen LogP contribution is -2.11. The molecule has 0 unspecified atom stereocenters. The highest BCUT2D eigenvalue weighted by atomic mass is 16.4. The largest absolute Gasteiger partial charge is 0.478 e. The molecule has 1 heterocycles. The molecule has 5 nitrogen and oxygen atoms in total. The number of aromatic carboxylic acids is 1. The maximum Gasteiger partial charge on any atom is 0.335 e. The van der Waals surface area contributed by atoms with E-state index in [1.807, 2.05) is 13.1 Å². The van der Waals surface area contributed by atoms with E-state index in [0.29, 0.717) is 5.95 Å². The molecule has 0 aliphatic rings. The Morgan fingerprint density at radius 2 is 2.31 bits per heavy atom. The van der Waals surface area contributed by atoms with E-state index in [1.54, 1.807) is 35.5 Å².